The largest absolute Gasteiger partial charge is 0.489 e. The van der Waals surface area contributed by atoms with Gasteiger partial charge in [-0.15, -0.1) is 0 Å². The van der Waals surface area contributed by atoms with Crippen LogP contribution in [0.4, 0.5) is 0 Å². The molecule has 0 fully saturated rings. The predicted octanol–water partition coefficient (Wildman–Crippen LogP) is 5.46. The molecule has 3 aromatic rings. The topological polar surface area (TPSA) is 38.3 Å². The molecular weight excluding hydrogens is 334 g/mol. The number of carbonyl (C=O) groups is 1. The van der Waals surface area contributed by atoms with Crippen LogP contribution in [0.3, 0.4) is 0 Å². The van der Waals surface area contributed by atoms with E-state index in [1.807, 2.05) is 78.9 Å². The highest BCUT2D eigenvalue weighted by atomic mass is 16.5. The van der Waals surface area contributed by atoms with Gasteiger partial charge in [0.2, 0.25) is 0 Å². The van der Waals surface area contributed by atoms with Crippen LogP contribution in [0.15, 0.2) is 78.9 Å². The number of rotatable bonds is 8. The molecule has 0 aliphatic carbocycles. The van der Waals surface area contributed by atoms with Gasteiger partial charge in [-0.25, -0.2) is 0 Å². The Kier molecular flexibility index (Phi) is 6.64. The summed E-state index contributed by atoms with van der Waals surface area (Å²) >= 11 is 0. The van der Waals surface area contributed by atoms with Gasteiger partial charge in [0.15, 0.2) is 0 Å². The summed E-state index contributed by atoms with van der Waals surface area (Å²) in [4.78, 5) is 12.2. The average Bonchev–Trinajstić information content (AvgIpc) is 2.73. The molecule has 0 aromatic heterocycles. The maximum Gasteiger partial charge on any atom is 0.251 e. The number of carbonyl (C=O) groups excluding carboxylic acids is 1. The van der Waals surface area contributed by atoms with Crippen LogP contribution < -0.4 is 10.1 Å². The summed E-state index contributed by atoms with van der Waals surface area (Å²) in [6, 6.07) is 25.8. The van der Waals surface area contributed by atoms with Gasteiger partial charge in [0.1, 0.15) is 12.4 Å². The van der Waals surface area contributed by atoms with Crippen LogP contribution in [0.2, 0.25) is 0 Å². The van der Waals surface area contributed by atoms with Crippen molar-refractivity contribution in [2.45, 2.75) is 26.4 Å². The summed E-state index contributed by atoms with van der Waals surface area (Å²) in [5.41, 5.74) is 3.91. The highest BCUT2D eigenvalue weighted by molar-refractivity contribution is 5.95. The van der Waals surface area contributed by atoms with E-state index in [0.717, 1.165) is 35.3 Å². The first-order valence-electron chi connectivity index (χ1n) is 9.41. The van der Waals surface area contributed by atoms with Crippen LogP contribution in [0.1, 0.15) is 35.7 Å². The van der Waals surface area contributed by atoms with Crippen molar-refractivity contribution in [3.63, 3.8) is 0 Å². The van der Waals surface area contributed by atoms with Crippen LogP contribution in [0, 0.1) is 0 Å². The van der Waals surface area contributed by atoms with Gasteiger partial charge in [-0.2, -0.15) is 0 Å². The normalized spacial score (nSPS) is 10.4. The van der Waals surface area contributed by atoms with E-state index >= 15 is 0 Å². The van der Waals surface area contributed by atoms with Crippen molar-refractivity contribution >= 4 is 5.91 Å². The fraction of sp³-hybridized carbons (Fsp3) is 0.208. The lowest BCUT2D eigenvalue weighted by atomic mass is 10.0. The second-order valence-corrected chi connectivity index (χ2v) is 6.49. The Bertz CT molecular complexity index is 857. The van der Waals surface area contributed by atoms with E-state index in [2.05, 4.69) is 12.2 Å². The Balaban J connectivity index is 1.64. The van der Waals surface area contributed by atoms with Crippen molar-refractivity contribution in [3.05, 3.63) is 90.0 Å². The van der Waals surface area contributed by atoms with E-state index in [1.54, 1.807) is 0 Å². The molecule has 0 saturated heterocycles. The molecule has 1 amide bonds. The number of benzene rings is 3. The molecule has 27 heavy (non-hydrogen) atoms. The third kappa shape index (κ3) is 5.45. The molecule has 3 nitrogen and oxygen atoms in total. The molecule has 0 radical (unpaired) electrons. The molecule has 3 aromatic carbocycles. The first kappa shape index (κ1) is 18.7. The van der Waals surface area contributed by atoms with Crippen LogP contribution in [-0.4, -0.2) is 12.5 Å². The SMILES string of the molecule is CCCCNC(=O)c1cccc(-c2ccc(OCc3ccccc3)cc2)c1. The van der Waals surface area contributed by atoms with E-state index in [4.69, 9.17) is 4.74 Å². The molecule has 1 N–H and O–H groups in total. The van der Waals surface area contributed by atoms with Crippen LogP contribution in [0.5, 0.6) is 5.75 Å². The van der Waals surface area contributed by atoms with Crippen molar-refractivity contribution in [2.75, 3.05) is 6.54 Å². The molecule has 3 rings (SSSR count). The molecule has 3 heteroatoms. The molecule has 0 bridgehead atoms. The van der Waals surface area contributed by atoms with Crippen molar-refractivity contribution in [1.29, 1.82) is 0 Å². The minimum atomic E-state index is -0.0203. The minimum Gasteiger partial charge on any atom is -0.489 e. The third-order valence-corrected chi connectivity index (χ3v) is 4.38. The molecule has 0 heterocycles. The molecular formula is C24H25NO2. The summed E-state index contributed by atoms with van der Waals surface area (Å²) < 4.78 is 5.84. The lowest BCUT2D eigenvalue weighted by Crippen LogP contribution is -2.24. The summed E-state index contributed by atoms with van der Waals surface area (Å²) in [6.45, 7) is 3.38. The fourth-order valence-corrected chi connectivity index (χ4v) is 2.81. The van der Waals surface area contributed by atoms with E-state index in [-0.39, 0.29) is 5.91 Å². The number of unbranched alkanes of at least 4 members (excludes halogenated alkanes) is 1. The zero-order valence-electron chi connectivity index (χ0n) is 15.7. The van der Waals surface area contributed by atoms with Crippen molar-refractivity contribution in [2.24, 2.45) is 0 Å². The summed E-state index contributed by atoms with van der Waals surface area (Å²) in [5, 5.41) is 2.96. The van der Waals surface area contributed by atoms with Gasteiger partial charge >= 0.3 is 0 Å². The minimum absolute atomic E-state index is 0.0203. The summed E-state index contributed by atoms with van der Waals surface area (Å²) in [6.07, 6.45) is 2.06. The molecule has 0 aliphatic rings. The van der Waals surface area contributed by atoms with E-state index in [0.29, 0.717) is 18.7 Å². The van der Waals surface area contributed by atoms with E-state index in [9.17, 15) is 4.79 Å². The van der Waals surface area contributed by atoms with Gasteiger partial charge in [-0.3, -0.25) is 4.79 Å². The first-order chi connectivity index (χ1) is 13.3. The van der Waals surface area contributed by atoms with Gasteiger partial charge in [0, 0.05) is 12.1 Å². The highest BCUT2D eigenvalue weighted by Gasteiger charge is 2.07. The molecule has 0 spiro atoms. The summed E-state index contributed by atoms with van der Waals surface area (Å²) in [5.74, 6) is 0.809. The number of amides is 1. The zero-order chi connectivity index (χ0) is 18.9. The van der Waals surface area contributed by atoms with E-state index < -0.39 is 0 Å². The Morgan fingerprint density at radius 2 is 1.67 bits per heavy atom. The van der Waals surface area contributed by atoms with Gasteiger partial charge in [-0.1, -0.05) is 67.9 Å². The van der Waals surface area contributed by atoms with E-state index in [1.165, 1.54) is 0 Å². The molecule has 0 saturated carbocycles. The third-order valence-electron chi connectivity index (χ3n) is 4.38. The Morgan fingerprint density at radius 1 is 0.889 bits per heavy atom. The monoisotopic (exact) mass is 359 g/mol. The van der Waals surface area contributed by atoms with Gasteiger partial charge in [0.05, 0.1) is 0 Å². The quantitative estimate of drug-likeness (QED) is 0.542. The zero-order valence-corrected chi connectivity index (χ0v) is 15.7. The number of hydrogen-bond acceptors (Lipinski definition) is 2. The Hall–Kier alpha value is -3.07. The predicted molar refractivity (Wildman–Crippen MR) is 110 cm³/mol. The number of hydrogen-bond donors (Lipinski definition) is 1. The van der Waals surface area contributed by atoms with Crippen molar-refractivity contribution in [3.8, 4) is 16.9 Å². The molecule has 0 atom stereocenters. The van der Waals surface area contributed by atoms with Gasteiger partial charge in [0.25, 0.3) is 5.91 Å². The smallest absolute Gasteiger partial charge is 0.251 e. The van der Waals surface area contributed by atoms with Crippen molar-refractivity contribution in [1.82, 2.24) is 5.32 Å². The Morgan fingerprint density at radius 3 is 2.41 bits per heavy atom. The lowest BCUT2D eigenvalue weighted by molar-refractivity contribution is 0.0953. The standard InChI is InChI=1S/C24H25NO2/c1-2-3-16-25-24(26)22-11-7-10-21(17-22)20-12-14-23(15-13-20)27-18-19-8-5-4-6-9-19/h4-15,17H,2-3,16,18H2,1H3,(H,25,26). The second kappa shape index (κ2) is 9.58. The van der Waals surface area contributed by atoms with Gasteiger partial charge in [-0.05, 0) is 47.4 Å². The first-order valence-corrected chi connectivity index (χ1v) is 9.41. The van der Waals surface area contributed by atoms with Gasteiger partial charge < -0.3 is 10.1 Å². The Labute approximate surface area is 161 Å². The maximum absolute atomic E-state index is 12.2. The maximum atomic E-state index is 12.2. The highest BCUT2D eigenvalue weighted by Crippen LogP contribution is 2.24. The fourth-order valence-electron chi connectivity index (χ4n) is 2.81. The molecule has 138 valence electrons. The molecule has 0 unspecified atom stereocenters. The lowest BCUT2D eigenvalue weighted by Gasteiger charge is -2.09. The summed E-state index contributed by atoms with van der Waals surface area (Å²) in [7, 11) is 0. The van der Waals surface area contributed by atoms with Crippen LogP contribution in [0.25, 0.3) is 11.1 Å². The molecule has 0 aliphatic heterocycles. The number of nitrogens with one attached hydrogen (secondary N) is 1. The van der Waals surface area contributed by atoms with Crippen LogP contribution in [-0.2, 0) is 6.61 Å². The van der Waals surface area contributed by atoms with Crippen LogP contribution >= 0.6 is 0 Å². The second-order valence-electron chi connectivity index (χ2n) is 6.49. The van der Waals surface area contributed by atoms with Crippen molar-refractivity contribution < 1.29 is 9.53 Å². The number of ether oxygens (including phenoxy) is 1. The average molecular weight is 359 g/mol.